The van der Waals surface area contributed by atoms with E-state index in [0.717, 1.165) is 24.8 Å². The highest BCUT2D eigenvalue weighted by atomic mass is 16.5. The molecule has 0 aliphatic heterocycles. The molecular weight excluding hydrogens is 308 g/mol. The Bertz CT molecular complexity index is 546. The van der Waals surface area contributed by atoms with Gasteiger partial charge in [-0.1, -0.05) is 6.42 Å². The first-order chi connectivity index (χ1) is 11.5. The fraction of sp³-hybridized carbons (Fsp3) is 0.556. The molecule has 0 spiro atoms. The van der Waals surface area contributed by atoms with E-state index >= 15 is 0 Å². The highest BCUT2D eigenvalue weighted by Gasteiger charge is 2.14. The molecule has 24 heavy (non-hydrogen) atoms. The van der Waals surface area contributed by atoms with Gasteiger partial charge in [0.1, 0.15) is 11.5 Å². The van der Waals surface area contributed by atoms with E-state index < -0.39 is 0 Å². The van der Waals surface area contributed by atoms with Gasteiger partial charge in [0, 0.05) is 31.5 Å². The maximum atomic E-state index is 12.0. The predicted octanol–water partition coefficient (Wildman–Crippen LogP) is 2.58. The van der Waals surface area contributed by atoms with Crippen molar-refractivity contribution in [1.29, 1.82) is 0 Å². The van der Waals surface area contributed by atoms with Crippen molar-refractivity contribution in [3.05, 3.63) is 23.8 Å². The van der Waals surface area contributed by atoms with Gasteiger partial charge in [-0.3, -0.25) is 9.59 Å². The molecule has 0 aromatic heterocycles. The van der Waals surface area contributed by atoms with Gasteiger partial charge in [0.05, 0.1) is 20.3 Å². The Hall–Kier alpha value is -2.24. The summed E-state index contributed by atoms with van der Waals surface area (Å²) >= 11 is 0. The summed E-state index contributed by atoms with van der Waals surface area (Å²) in [6.45, 7) is 4.09. The number of benzene rings is 1. The molecule has 0 saturated carbocycles. The van der Waals surface area contributed by atoms with E-state index in [1.54, 1.807) is 20.3 Å². The molecule has 6 nitrogen and oxygen atoms in total. The Morgan fingerprint density at radius 1 is 1.12 bits per heavy atom. The van der Waals surface area contributed by atoms with Gasteiger partial charge >= 0.3 is 0 Å². The number of nitrogens with one attached hydrogen (secondary N) is 2. The molecule has 0 heterocycles. The van der Waals surface area contributed by atoms with Gasteiger partial charge in [0.2, 0.25) is 11.8 Å². The van der Waals surface area contributed by atoms with Gasteiger partial charge in [-0.25, -0.2) is 0 Å². The van der Waals surface area contributed by atoms with Crippen LogP contribution in [0.2, 0.25) is 0 Å². The summed E-state index contributed by atoms with van der Waals surface area (Å²) in [5.74, 6) is 1.40. The Kier molecular flexibility index (Phi) is 8.68. The summed E-state index contributed by atoms with van der Waals surface area (Å²) in [5, 5.41) is 5.73. The average molecular weight is 336 g/mol. The first-order valence-corrected chi connectivity index (χ1v) is 8.23. The molecule has 0 aliphatic rings. The molecule has 0 aliphatic carbocycles. The van der Waals surface area contributed by atoms with Crippen molar-refractivity contribution in [2.45, 2.75) is 45.6 Å². The van der Waals surface area contributed by atoms with Crippen LogP contribution in [0.25, 0.3) is 0 Å². The number of hydrogen-bond acceptors (Lipinski definition) is 4. The van der Waals surface area contributed by atoms with E-state index in [2.05, 4.69) is 10.6 Å². The smallest absolute Gasteiger partial charge is 0.220 e. The molecule has 0 saturated heterocycles. The van der Waals surface area contributed by atoms with Crippen LogP contribution in [0.15, 0.2) is 18.2 Å². The van der Waals surface area contributed by atoms with Crippen LogP contribution in [0.3, 0.4) is 0 Å². The molecule has 2 N–H and O–H groups in total. The molecule has 1 atom stereocenters. The van der Waals surface area contributed by atoms with Crippen LogP contribution in [0.4, 0.5) is 0 Å². The Labute approximate surface area is 143 Å². The maximum Gasteiger partial charge on any atom is 0.220 e. The van der Waals surface area contributed by atoms with E-state index in [0.29, 0.717) is 24.5 Å². The number of ether oxygens (including phenoxy) is 2. The van der Waals surface area contributed by atoms with Crippen LogP contribution in [0, 0.1) is 0 Å². The number of rotatable bonds is 10. The van der Waals surface area contributed by atoms with Crippen LogP contribution in [0.5, 0.6) is 11.5 Å². The minimum Gasteiger partial charge on any atom is -0.497 e. The minimum atomic E-state index is -0.141. The first kappa shape index (κ1) is 19.8. The third-order valence-electron chi connectivity index (χ3n) is 3.74. The van der Waals surface area contributed by atoms with Crippen LogP contribution in [0.1, 0.15) is 51.1 Å². The molecule has 0 fully saturated rings. The topological polar surface area (TPSA) is 76.7 Å². The molecule has 1 rings (SSSR count). The van der Waals surface area contributed by atoms with Crippen molar-refractivity contribution >= 4 is 11.8 Å². The Morgan fingerprint density at radius 2 is 1.88 bits per heavy atom. The summed E-state index contributed by atoms with van der Waals surface area (Å²) in [6.07, 6.45) is 3.07. The third-order valence-corrected chi connectivity index (χ3v) is 3.74. The second kappa shape index (κ2) is 10.5. The van der Waals surface area contributed by atoms with Gasteiger partial charge in [-0.15, -0.1) is 0 Å². The monoisotopic (exact) mass is 336 g/mol. The Morgan fingerprint density at radius 3 is 2.50 bits per heavy atom. The SMILES string of the molecule is COc1ccc(C(C)NC(=O)CCCCCNC(C)=O)c(OC)c1. The molecule has 134 valence electrons. The molecule has 0 radical (unpaired) electrons. The fourth-order valence-electron chi connectivity index (χ4n) is 2.42. The summed E-state index contributed by atoms with van der Waals surface area (Å²) in [7, 11) is 3.20. The Balaban J connectivity index is 2.40. The summed E-state index contributed by atoms with van der Waals surface area (Å²) in [4.78, 5) is 22.8. The van der Waals surface area contributed by atoms with E-state index in [1.807, 2.05) is 19.1 Å². The van der Waals surface area contributed by atoms with Crippen molar-refractivity contribution in [2.75, 3.05) is 20.8 Å². The van der Waals surface area contributed by atoms with E-state index in [9.17, 15) is 9.59 Å². The van der Waals surface area contributed by atoms with Crippen LogP contribution < -0.4 is 20.1 Å². The second-order valence-electron chi connectivity index (χ2n) is 5.69. The zero-order valence-corrected chi connectivity index (χ0v) is 15.0. The number of methoxy groups -OCH3 is 2. The normalized spacial score (nSPS) is 11.5. The molecule has 0 bridgehead atoms. The molecule has 2 amide bonds. The second-order valence-corrected chi connectivity index (χ2v) is 5.69. The standard InChI is InChI=1S/C18H28N2O4/c1-13(16-10-9-15(23-3)12-17(16)24-4)20-18(22)8-6-5-7-11-19-14(2)21/h9-10,12-13H,5-8,11H2,1-4H3,(H,19,21)(H,20,22). The average Bonchev–Trinajstić information content (AvgIpc) is 2.56. The van der Waals surface area contributed by atoms with E-state index in [4.69, 9.17) is 9.47 Å². The fourth-order valence-corrected chi connectivity index (χ4v) is 2.42. The number of carbonyl (C=O) groups excluding carboxylic acids is 2. The summed E-state index contributed by atoms with van der Waals surface area (Å²) in [6, 6.07) is 5.41. The molecule has 1 aromatic rings. The summed E-state index contributed by atoms with van der Waals surface area (Å²) in [5.41, 5.74) is 0.914. The number of unbranched alkanes of at least 4 members (excludes halogenated alkanes) is 2. The summed E-state index contributed by atoms with van der Waals surface area (Å²) < 4.78 is 10.5. The van der Waals surface area contributed by atoms with Gasteiger partial charge in [0.25, 0.3) is 0 Å². The zero-order valence-electron chi connectivity index (χ0n) is 15.0. The van der Waals surface area contributed by atoms with Crippen LogP contribution in [-0.4, -0.2) is 32.6 Å². The zero-order chi connectivity index (χ0) is 17.9. The largest absolute Gasteiger partial charge is 0.497 e. The van der Waals surface area contributed by atoms with Gasteiger partial charge < -0.3 is 20.1 Å². The molecule has 1 unspecified atom stereocenters. The van der Waals surface area contributed by atoms with Crippen molar-refractivity contribution < 1.29 is 19.1 Å². The van der Waals surface area contributed by atoms with Crippen molar-refractivity contribution in [2.24, 2.45) is 0 Å². The minimum absolute atomic E-state index is 0.0138. The quantitative estimate of drug-likeness (QED) is 0.644. The third kappa shape index (κ3) is 6.89. The van der Waals surface area contributed by atoms with Crippen molar-refractivity contribution in [1.82, 2.24) is 10.6 Å². The van der Waals surface area contributed by atoms with E-state index in [1.165, 1.54) is 6.92 Å². The molecule has 6 heteroatoms. The lowest BCUT2D eigenvalue weighted by atomic mass is 10.1. The number of hydrogen-bond donors (Lipinski definition) is 2. The maximum absolute atomic E-state index is 12.0. The number of carbonyl (C=O) groups is 2. The number of amides is 2. The van der Waals surface area contributed by atoms with Crippen LogP contribution in [-0.2, 0) is 9.59 Å². The van der Waals surface area contributed by atoms with Crippen LogP contribution >= 0.6 is 0 Å². The lowest BCUT2D eigenvalue weighted by Crippen LogP contribution is -2.26. The predicted molar refractivity (Wildman–Crippen MR) is 93.3 cm³/mol. The highest BCUT2D eigenvalue weighted by molar-refractivity contribution is 5.76. The van der Waals surface area contributed by atoms with Gasteiger partial charge in [0.15, 0.2) is 0 Å². The lowest BCUT2D eigenvalue weighted by molar-refractivity contribution is -0.122. The molecular formula is C18H28N2O4. The van der Waals surface area contributed by atoms with E-state index in [-0.39, 0.29) is 17.9 Å². The lowest BCUT2D eigenvalue weighted by Gasteiger charge is -2.18. The van der Waals surface area contributed by atoms with Gasteiger partial charge in [-0.2, -0.15) is 0 Å². The van der Waals surface area contributed by atoms with Crippen molar-refractivity contribution in [3.8, 4) is 11.5 Å². The highest BCUT2D eigenvalue weighted by Crippen LogP contribution is 2.29. The molecule has 1 aromatic carbocycles. The van der Waals surface area contributed by atoms with Crippen molar-refractivity contribution in [3.63, 3.8) is 0 Å². The first-order valence-electron chi connectivity index (χ1n) is 8.23. The van der Waals surface area contributed by atoms with Gasteiger partial charge in [-0.05, 0) is 31.9 Å².